The summed E-state index contributed by atoms with van der Waals surface area (Å²) in [4.78, 5) is 69.2. The number of rotatable bonds is 10. The van der Waals surface area contributed by atoms with Gasteiger partial charge in [0.1, 0.15) is 5.78 Å². The molecule has 4 amide bonds. The number of Topliss-reactive ketones (excluding diaryl/α,β-unsaturated/α-hetero) is 2. The van der Waals surface area contributed by atoms with Crippen LogP contribution in [0, 0.1) is 11.8 Å². The molecule has 0 atom stereocenters. The van der Waals surface area contributed by atoms with E-state index in [1.807, 2.05) is 13.8 Å². The van der Waals surface area contributed by atoms with Crippen molar-refractivity contribution in [3.05, 3.63) is 24.3 Å². The lowest BCUT2D eigenvalue weighted by Crippen LogP contribution is -2.36. The molecule has 0 aliphatic carbocycles. The molecule has 8 heteroatoms. The molecule has 0 aromatic heterocycles. The number of ketones is 2. The molecule has 2 rings (SSSR count). The molecule has 8 nitrogen and oxygen atoms in total. The average Bonchev–Trinajstić information content (AvgIpc) is 3.17. The fourth-order valence-corrected chi connectivity index (χ4v) is 2.61. The zero-order valence-electron chi connectivity index (χ0n) is 18.1. The molecular weight excluding hydrogens is 388 g/mol. The summed E-state index contributed by atoms with van der Waals surface area (Å²) in [7, 11) is 0. The Bertz CT molecular complexity index is 728. The SMILES string of the molecule is CC(C)C(=O)CCCCCN1C(=O)C=CC1=O.CC(C)C(=O)CN1C(=O)C=CC1=O. The van der Waals surface area contributed by atoms with Crippen molar-refractivity contribution < 1.29 is 28.8 Å². The van der Waals surface area contributed by atoms with E-state index >= 15 is 0 Å². The van der Waals surface area contributed by atoms with E-state index in [9.17, 15) is 28.8 Å². The third-order valence-corrected chi connectivity index (χ3v) is 4.71. The Morgan fingerprint density at radius 3 is 1.53 bits per heavy atom. The second kappa shape index (κ2) is 11.9. The van der Waals surface area contributed by atoms with Gasteiger partial charge < -0.3 is 0 Å². The minimum absolute atomic E-state index is 0.0981. The molecule has 164 valence electrons. The van der Waals surface area contributed by atoms with Gasteiger partial charge in [0.2, 0.25) is 0 Å². The smallest absolute Gasteiger partial charge is 0.254 e. The van der Waals surface area contributed by atoms with E-state index in [0.717, 1.165) is 24.2 Å². The second-order valence-corrected chi connectivity index (χ2v) is 7.81. The highest BCUT2D eigenvalue weighted by Crippen LogP contribution is 2.09. The number of nitrogens with zero attached hydrogens (tertiary/aromatic N) is 2. The van der Waals surface area contributed by atoms with Gasteiger partial charge in [-0.3, -0.25) is 38.6 Å². The normalized spacial score (nSPS) is 15.5. The van der Waals surface area contributed by atoms with Crippen LogP contribution in [0.15, 0.2) is 24.3 Å². The van der Waals surface area contributed by atoms with Crippen LogP contribution in [0.25, 0.3) is 0 Å². The molecule has 2 aliphatic rings. The first kappa shape index (κ1) is 25.1. The van der Waals surface area contributed by atoms with E-state index < -0.39 is 11.8 Å². The molecule has 2 aliphatic heterocycles. The third-order valence-electron chi connectivity index (χ3n) is 4.71. The first-order chi connectivity index (χ1) is 14.0. The maximum absolute atomic E-state index is 11.3. The molecule has 0 aromatic rings. The van der Waals surface area contributed by atoms with Gasteiger partial charge in [0.25, 0.3) is 23.6 Å². The summed E-state index contributed by atoms with van der Waals surface area (Å²) in [5, 5.41) is 0. The Balaban J connectivity index is 0.000000311. The average molecular weight is 418 g/mol. The van der Waals surface area contributed by atoms with Crippen molar-refractivity contribution in [1.29, 1.82) is 0 Å². The molecule has 0 saturated carbocycles. The van der Waals surface area contributed by atoms with Gasteiger partial charge in [-0.2, -0.15) is 0 Å². The lowest BCUT2D eigenvalue weighted by atomic mass is 10.0. The molecule has 0 fully saturated rings. The summed E-state index contributed by atoms with van der Waals surface area (Å²) in [6.07, 6.45) is 8.01. The van der Waals surface area contributed by atoms with E-state index in [0.29, 0.717) is 13.0 Å². The van der Waals surface area contributed by atoms with Gasteiger partial charge in [-0.1, -0.05) is 34.1 Å². The zero-order chi connectivity index (χ0) is 22.8. The van der Waals surface area contributed by atoms with Gasteiger partial charge in [-0.05, 0) is 12.8 Å². The van der Waals surface area contributed by atoms with E-state index in [1.165, 1.54) is 29.2 Å². The Kier molecular flexibility index (Phi) is 10.0. The first-order valence-corrected chi connectivity index (χ1v) is 10.2. The van der Waals surface area contributed by atoms with Crippen molar-refractivity contribution in [3.63, 3.8) is 0 Å². The third kappa shape index (κ3) is 7.85. The summed E-state index contributed by atoms with van der Waals surface area (Å²) in [6, 6.07) is 0. The van der Waals surface area contributed by atoms with Gasteiger partial charge in [-0.25, -0.2) is 0 Å². The highest BCUT2D eigenvalue weighted by molar-refractivity contribution is 6.14. The minimum atomic E-state index is -0.404. The molecule has 0 radical (unpaired) electrons. The fraction of sp³-hybridized carbons (Fsp3) is 0.545. The highest BCUT2D eigenvalue weighted by Gasteiger charge is 2.26. The van der Waals surface area contributed by atoms with Gasteiger partial charge in [0, 0.05) is 49.1 Å². The van der Waals surface area contributed by atoms with Crippen molar-refractivity contribution in [3.8, 4) is 0 Å². The molecule has 0 N–H and O–H groups in total. The Morgan fingerprint density at radius 2 is 1.10 bits per heavy atom. The Morgan fingerprint density at radius 1 is 0.667 bits per heavy atom. The van der Waals surface area contributed by atoms with Gasteiger partial charge in [-0.15, -0.1) is 0 Å². The zero-order valence-corrected chi connectivity index (χ0v) is 18.1. The topological polar surface area (TPSA) is 109 Å². The Hall–Kier alpha value is -2.90. The number of hydrogen-bond acceptors (Lipinski definition) is 6. The van der Waals surface area contributed by atoms with Crippen LogP contribution in [0.4, 0.5) is 0 Å². The summed E-state index contributed by atoms with van der Waals surface area (Å²) >= 11 is 0. The molecule has 2 heterocycles. The second-order valence-electron chi connectivity index (χ2n) is 7.81. The molecule has 30 heavy (non-hydrogen) atoms. The summed E-state index contributed by atoms with van der Waals surface area (Å²) < 4.78 is 0. The quantitative estimate of drug-likeness (QED) is 0.396. The Labute approximate surface area is 177 Å². The van der Waals surface area contributed by atoms with Crippen molar-refractivity contribution in [2.24, 2.45) is 11.8 Å². The lowest BCUT2D eigenvalue weighted by Gasteiger charge is -2.13. The van der Waals surface area contributed by atoms with Crippen molar-refractivity contribution in [2.75, 3.05) is 13.1 Å². The van der Waals surface area contributed by atoms with Crippen molar-refractivity contribution in [2.45, 2.75) is 53.4 Å². The van der Waals surface area contributed by atoms with E-state index in [-0.39, 0.29) is 41.8 Å². The summed E-state index contributed by atoms with van der Waals surface area (Å²) in [5.74, 6) is -1.15. The first-order valence-electron chi connectivity index (χ1n) is 10.2. The van der Waals surface area contributed by atoms with Crippen LogP contribution < -0.4 is 0 Å². The fourth-order valence-electron chi connectivity index (χ4n) is 2.61. The predicted molar refractivity (Wildman–Crippen MR) is 110 cm³/mol. The number of imide groups is 2. The van der Waals surface area contributed by atoms with E-state index in [4.69, 9.17) is 0 Å². The predicted octanol–water partition coefficient (Wildman–Crippen LogP) is 1.83. The molecule has 0 bridgehead atoms. The summed E-state index contributed by atoms with van der Waals surface area (Å²) in [6.45, 7) is 7.62. The molecule has 0 unspecified atom stereocenters. The van der Waals surface area contributed by atoms with Crippen LogP contribution in [0.5, 0.6) is 0 Å². The monoisotopic (exact) mass is 418 g/mol. The number of hydrogen-bond donors (Lipinski definition) is 0. The van der Waals surface area contributed by atoms with Crippen LogP contribution in [0.1, 0.15) is 53.4 Å². The number of carbonyl (C=O) groups is 6. The maximum Gasteiger partial charge on any atom is 0.254 e. The van der Waals surface area contributed by atoms with Crippen LogP contribution in [-0.2, 0) is 28.8 Å². The van der Waals surface area contributed by atoms with Gasteiger partial charge in [0.05, 0.1) is 6.54 Å². The van der Waals surface area contributed by atoms with Crippen molar-refractivity contribution in [1.82, 2.24) is 9.80 Å². The summed E-state index contributed by atoms with van der Waals surface area (Å²) in [5.41, 5.74) is 0. The molecular formula is C22H30N2O6. The van der Waals surface area contributed by atoms with Crippen LogP contribution in [0.3, 0.4) is 0 Å². The molecule has 0 aromatic carbocycles. The van der Waals surface area contributed by atoms with Crippen LogP contribution in [-0.4, -0.2) is 58.1 Å². The number of unbranched alkanes of at least 4 members (excludes halogenated alkanes) is 2. The lowest BCUT2D eigenvalue weighted by molar-refractivity contribution is -0.141. The highest BCUT2D eigenvalue weighted by atomic mass is 16.2. The largest absolute Gasteiger partial charge is 0.299 e. The minimum Gasteiger partial charge on any atom is -0.299 e. The van der Waals surface area contributed by atoms with Crippen LogP contribution in [0.2, 0.25) is 0 Å². The van der Waals surface area contributed by atoms with E-state index in [2.05, 4.69) is 0 Å². The molecule has 0 saturated heterocycles. The van der Waals surface area contributed by atoms with E-state index in [1.54, 1.807) is 13.8 Å². The maximum atomic E-state index is 11.3. The van der Waals surface area contributed by atoms with Crippen LogP contribution >= 0.6 is 0 Å². The number of amides is 4. The number of carbonyl (C=O) groups excluding carboxylic acids is 6. The molecule has 0 spiro atoms. The van der Waals surface area contributed by atoms with Crippen molar-refractivity contribution >= 4 is 35.2 Å². The standard InChI is InChI=1S/C13H19NO3.C9H11NO3/c1-10(2)11(15)6-4-3-5-9-14-12(16)7-8-13(14)17;1-6(2)7(11)5-10-8(12)3-4-9(10)13/h7-8,10H,3-6,9H2,1-2H3;3-4,6H,5H2,1-2H3. The van der Waals surface area contributed by atoms with Gasteiger partial charge in [0.15, 0.2) is 5.78 Å². The van der Waals surface area contributed by atoms with Gasteiger partial charge >= 0.3 is 0 Å².